The van der Waals surface area contributed by atoms with Gasteiger partial charge >= 0.3 is 0 Å². The lowest BCUT2D eigenvalue weighted by molar-refractivity contribution is -0.141. The highest BCUT2D eigenvalue weighted by Gasteiger charge is 2.57. The van der Waals surface area contributed by atoms with Crippen molar-refractivity contribution in [3.05, 3.63) is 60.2 Å². The van der Waals surface area contributed by atoms with Gasteiger partial charge in [-0.1, -0.05) is 42.5 Å². The van der Waals surface area contributed by atoms with E-state index in [-0.39, 0.29) is 11.8 Å². The Labute approximate surface area is 147 Å². The minimum atomic E-state index is -0.954. The smallest absolute Gasteiger partial charge is 0.240 e. The first kappa shape index (κ1) is 17.0. The Balaban J connectivity index is 1.70. The number of anilines is 1. The number of benzene rings is 2. The largest absolute Gasteiger partial charge is 0.495 e. The van der Waals surface area contributed by atoms with E-state index < -0.39 is 5.41 Å². The van der Waals surface area contributed by atoms with E-state index in [1.165, 1.54) is 0 Å². The van der Waals surface area contributed by atoms with Crippen molar-refractivity contribution in [2.45, 2.75) is 19.4 Å². The molecule has 1 aliphatic rings. The van der Waals surface area contributed by atoms with Crippen molar-refractivity contribution in [2.24, 2.45) is 5.41 Å². The van der Waals surface area contributed by atoms with Crippen LogP contribution < -0.4 is 10.1 Å². The second-order valence-electron chi connectivity index (χ2n) is 6.38. The molecule has 130 valence electrons. The number of amides is 2. The zero-order valence-corrected chi connectivity index (χ0v) is 14.5. The molecule has 0 atom stereocenters. The molecule has 2 amide bonds. The van der Waals surface area contributed by atoms with Gasteiger partial charge in [-0.05, 0) is 30.5 Å². The molecule has 5 nitrogen and oxygen atoms in total. The van der Waals surface area contributed by atoms with Crippen molar-refractivity contribution in [1.29, 1.82) is 0 Å². The summed E-state index contributed by atoms with van der Waals surface area (Å²) >= 11 is 0. The Morgan fingerprint density at radius 1 is 1.08 bits per heavy atom. The van der Waals surface area contributed by atoms with E-state index in [0.29, 0.717) is 30.8 Å². The first-order valence-corrected chi connectivity index (χ1v) is 8.31. The van der Waals surface area contributed by atoms with Crippen molar-refractivity contribution in [3.63, 3.8) is 0 Å². The number of carbonyl (C=O) groups is 2. The summed E-state index contributed by atoms with van der Waals surface area (Å²) in [5, 5.41) is 2.85. The lowest BCUT2D eigenvalue weighted by Gasteiger charge is -2.23. The Bertz CT molecular complexity index is 770. The van der Waals surface area contributed by atoms with Crippen molar-refractivity contribution in [2.75, 3.05) is 19.5 Å². The van der Waals surface area contributed by atoms with E-state index in [1.54, 1.807) is 31.2 Å². The predicted octanol–water partition coefficient (Wildman–Crippen LogP) is 3.07. The second kappa shape index (κ2) is 6.97. The first-order chi connectivity index (χ1) is 12.1. The molecule has 1 N–H and O–H groups in total. The van der Waals surface area contributed by atoms with Crippen LogP contribution in [-0.2, 0) is 16.1 Å². The van der Waals surface area contributed by atoms with Gasteiger partial charge in [-0.15, -0.1) is 0 Å². The first-order valence-electron chi connectivity index (χ1n) is 8.31. The van der Waals surface area contributed by atoms with Crippen molar-refractivity contribution in [3.8, 4) is 5.75 Å². The SMILES string of the molecule is COc1ccccc1NC(=O)C1(C(=O)N(C)Cc2ccccc2)CC1. The average molecular weight is 338 g/mol. The monoisotopic (exact) mass is 338 g/mol. The number of nitrogens with one attached hydrogen (secondary N) is 1. The summed E-state index contributed by atoms with van der Waals surface area (Å²) in [6, 6.07) is 17.0. The van der Waals surface area contributed by atoms with Gasteiger partial charge in [0, 0.05) is 13.6 Å². The highest BCUT2D eigenvalue weighted by Crippen LogP contribution is 2.48. The summed E-state index contributed by atoms with van der Waals surface area (Å²) < 4.78 is 5.26. The van der Waals surface area contributed by atoms with Gasteiger partial charge in [0.1, 0.15) is 11.2 Å². The van der Waals surface area contributed by atoms with Crippen LogP contribution in [0.2, 0.25) is 0 Å². The number of methoxy groups -OCH3 is 1. The summed E-state index contributed by atoms with van der Waals surface area (Å²) in [6.07, 6.45) is 1.15. The van der Waals surface area contributed by atoms with Crippen LogP contribution in [-0.4, -0.2) is 30.9 Å². The summed E-state index contributed by atoms with van der Waals surface area (Å²) in [4.78, 5) is 27.2. The number of carbonyl (C=O) groups excluding carboxylic acids is 2. The van der Waals surface area contributed by atoms with Crippen molar-refractivity contribution < 1.29 is 14.3 Å². The molecule has 25 heavy (non-hydrogen) atoms. The van der Waals surface area contributed by atoms with Gasteiger partial charge in [0.2, 0.25) is 11.8 Å². The lowest BCUT2D eigenvalue weighted by atomic mass is 10.0. The quantitative estimate of drug-likeness (QED) is 0.824. The molecule has 0 aliphatic heterocycles. The highest BCUT2D eigenvalue weighted by atomic mass is 16.5. The zero-order chi connectivity index (χ0) is 17.9. The molecule has 0 heterocycles. The lowest BCUT2D eigenvalue weighted by Crippen LogP contribution is -2.40. The maximum absolute atomic E-state index is 12.9. The molecule has 0 saturated heterocycles. The molecular weight excluding hydrogens is 316 g/mol. The number of ether oxygens (including phenoxy) is 1. The number of hydrogen-bond acceptors (Lipinski definition) is 3. The Kier molecular flexibility index (Phi) is 4.74. The second-order valence-corrected chi connectivity index (χ2v) is 6.38. The fourth-order valence-corrected chi connectivity index (χ4v) is 2.95. The van der Waals surface area contributed by atoms with Crippen LogP contribution in [0.5, 0.6) is 5.75 Å². The zero-order valence-electron chi connectivity index (χ0n) is 14.5. The number of hydrogen-bond donors (Lipinski definition) is 1. The molecule has 0 unspecified atom stereocenters. The fraction of sp³-hybridized carbons (Fsp3) is 0.300. The van der Waals surface area contributed by atoms with E-state index in [9.17, 15) is 9.59 Å². The van der Waals surface area contributed by atoms with E-state index in [4.69, 9.17) is 4.74 Å². The van der Waals surface area contributed by atoms with E-state index in [1.807, 2.05) is 42.5 Å². The number of rotatable bonds is 6. The van der Waals surface area contributed by atoms with Crippen LogP contribution in [0.3, 0.4) is 0 Å². The fourth-order valence-electron chi connectivity index (χ4n) is 2.95. The van der Waals surface area contributed by atoms with E-state index >= 15 is 0 Å². The third-order valence-electron chi connectivity index (χ3n) is 4.56. The van der Waals surface area contributed by atoms with Crippen LogP contribution in [0, 0.1) is 5.41 Å². The predicted molar refractivity (Wildman–Crippen MR) is 96.2 cm³/mol. The Morgan fingerprint density at radius 2 is 1.72 bits per heavy atom. The molecule has 3 rings (SSSR count). The molecule has 1 fully saturated rings. The molecule has 2 aromatic carbocycles. The maximum atomic E-state index is 12.9. The Hall–Kier alpha value is -2.82. The maximum Gasteiger partial charge on any atom is 0.240 e. The van der Waals surface area contributed by atoms with Gasteiger partial charge in [-0.2, -0.15) is 0 Å². The summed E-state index contributed by atoms with van der Waals surface area (Å²) in [5.41, 5.74) is 0.670. The summed E-state index contributed by atoms with van der Waals surface area (Å²) in [7, 11) is 3.29. The van der Waals surface area contributed by atoms with Gasteiger partial charge in [-0.25, -0.2) is 0 Å². The van der Waals surface area contributed by atoms with Crippen LogP contribution in [0.15, 0.2) is 54.6 Å². The van der Waals surface area contributed by atoms with Gasteiger partial charge < -0.3 is 15.0 Å². The third-order valence-corrected chi connectivity index (χ3v) is 4.56. The topological polar surface area (TPSA) is 58.6 Å². The van der Waals surface area contributed by atoms with E-state index in [2.05, 4.69) is 5.32 Å². The third kappa shape index (κ3) is 3.50. The molecular formula is C20H22N2O3. The molecule has 2 aromatic rings. The highest BCUT2D eigenvalue weighted by molar-refractivity contribution is 6.13. The summed E-state index contributed by atoms with van der Waals surface area (Å²) in [5.74, 6) is 0.183. The molecule has 0 aromatic heterocycles. The normalized spacial score (nSPS) is 14.5. The molecule has 0 bridgehead atoms. The number of nitrogens with zero attached hydrogens (tertiary/aromatic N) is 1. The molecule has 5 heteroatoms. The van der Waals surface area contributed by atoms with Gasteiger partial charge in [0.05, 0.1) is 12.8 Å². The minimum Gasteiger partial charge on any atom is -0.495 e. The average Bonchev–Trinajstić information content (AvgIpc) is 3.44. The van der Waals surface area contributed by atoms with Gasteiger partial charge in [0.25, 0.3) is 0 Å². The van der Waals surface area contributed by atoms with E-state index in [0.717, 1.165) is 5.56 Å². The molecule has 1 saturated carbocycles. The van der Waals surface area contributed by atoms with Crippen LogP contribution in [0.4, 0.5) is 5.69 Å². The van der Waals surface area contributed by atoms with Crippen LogP contribution in [0.1, 0.15) is 18.4 Å². The van der Waals surface area contributed by atoms with Crippen molar-refractivity contribution in [1.82, 2.24) is 4.90 Å². The molecule has 1 aliphatic carbocycles. The Morgan fingerprint density at radius 3 is 2.36 bits per heavy atom. The van der Waals surface area contributed by atoms with Gasteiger partial charge in [-0.3, -0.25) is 9.59 Å². The minimum absolute atomic E-state index is 0.135. The van der Waals surface area contributed by atoms with Crippen molar-refractivity contribution >= 4 is 17.5 Å². The van der Waals surface area contributed by atoms with Crippen LogP contribution in [0.25, 0.3) is 0 Å². The van der Waals surface area contributed by atoms with Gasteiger partial charge in [0.15, 0.2) is 0 Å². The standard InChI is InChI=1S/C20H22N2O3/c1-22(14-15-8-4-3-5-9-15)19(24)20(12-13-20)18(23)21-16-10-6-7-11-17(16)25-2/h3-11H,12-14H2,1-2H3,(H,21,23). The summed E-state index contributed by atoms with van der Waals surface area (Å²) in [6.45, 7) is 0.489. The molecule has 0 radical (unpaired) electrons. The number of para-hydroxylation sites is 2. The van der Waals surface area contributed by atoms with Crippen LogP contribution >= 0.6 is 0 Å². The molecule has 0 spiro atoms.